The molecule has 0 aromatic heterocycles. The minimum Gasteiger partial charge on any atom is -0.193 e. The van der Waals surface area contributed by atoms with Crippen molar-refractivity contribution in [2.24, 2.45) is 0 Å². The minimum atomic E-state index is 0.367. The van der Waals surface area contributed by atoms with E-state index in [1.807, 2.05) is 30.0 Å². The van der Waals surface area contributed by atoms with Crippen LogP contribution in [0.5, 0.6) is 0 Å². The second-order valence-corrected chi connectivity index (χ2v) is 7.99. The number of thioether (sulfide) groups is 1. The summed E-state index contributed by atoms with van der Waals surface area (Å²) in [6.07, 6.45) is 5.66. The van der Waals surface area contributed by atoms with E-state index in [1.54, 1.807) is 0 Å². The van der Waals surface area contributed by atoms with Gasteiger partial charge in [0.25, 0.3) is 0 Å². The summed E-state index contributed by atoms with van der Waals surface area (Å²) >= 11 is 1.86. The molecule has 1 aromatic carbocycles. The first kappa shape index (κ1) is 15.1. The van der Waals surface area contributed by atoms with Crippen LogP contribution < -0.4 is 0 Å². The average Bonchev–Trinajstić information content (AvgIpc) is 2.38. The van der Waals surface area contributed by atoms with Gasteiger partial charge >= 0.3 is 0 Å². The molecule has 1 atom stereocenters. The van der Waals surface area contributed by atoms with Gasteiger partial charge in [-0.2, -0.15) is 15.7 Å². The van der Waals surface area contributed by atoms with Gasteiger partial charge in [-0.25, -0.2) is 0 Å². The van der Waals surface area contributed by atoms with Crippen LogP contribution >= 0.6 is 22.2 Å². The van der Waals surface area contributed by atoms with E-state index in [4.69, 9.17) is 5.26 Å². The lowest BCUT2D eigenvalue weighted by Crippen LogP contribution is -1.90. The van der Waals surface area contributed by atoms with Crippen molar-refractivity contribution in [1.82, 2.24) is 0 Å². The molecule has 0 amide bonds. The summed E-state index contributed by atoms with van der Waals surface area (Å²) in [5, 5.41) is 8.56. The molecule has 0 aliphatic carbocycles. The van der Waals surface area contributed by atoms with E-state index in [0.29, 0.717) is 10.5 Å². The quantitative estimate of drug-likeness (QED) is 0.454. The Labute approximate surface area is 117 Å². The van der Waals surface area contributed by atoms with Crippen molar-refractivity contribution in [3.05, 3.63) is 35.4 Å². The van der Waals surface area contributed by atoms with E-state index in [9.17, 15) is 0 Å². The lowest BCUT2D eigenvalue weighted by Gasteiger charge is -2.10. The van der Waals surface area contributed by atoms with E-state index in [0.717, 1.165) is 5.56 Å². The van der Waals surface area contributed by atoms with Crippen molar-refractivity contribution >= 4 is 32.5 Å². The largest absolute Gasteiger partial charge is 0.193 e. The van der Waals surface area contributed by atoms with Crippen LogP contribution in [0.3, 0.4) is 0 Å². The van der Waals surface area contributed by atoms with Crippen LogP contribution in [0.25, 0.3) is 6.08 Å². The fourth-order valence-electron chi connectivity index (χ4n) is 1.39. The maximum atomic E-state index is 8.56. The second-order valence-electron chi connectivity index (χ2n) is 4.01. The van der Waals surface area contributed by atoms with Crippen LogP contribution in [0.15, 0.2) is 29.2 Å². The number of rotatable bonds is 3. The molecular weight excluding hydrogens is 258 g/mol. The third kappa shape index (κ3) is 4.36. The van der Waals surface area contributed by atoms with Crippen molar-refractivity contribution in [1.29, 1.82) is 5.26 Å². The zero-order chi connectivity index (χ0) is 13.5. The third-order valence-corrected chi connectivity index (χ3v) is 6.64. The molecule has 0 N–H and O–H groups in total. The Kier molecular flexibility index (Phi) is 6.24. The van der Waals surface area contributed by atoms with Crippen LogP contribution in [0.2, 0.25) is 0 Å². The standard InChI is InChI=1S/C15H19NS2/c1-5-18(4)13(3)17-15-11-14(7-6-10-16)9-8-12(15)2/h6-9,11H,5H2,1-4H3/b7-6+. The Balaban J connectivity index is 3.02. The van der Waals surface area contributed by atoms with E-state index in [2.05, 4.69) is 39.2 Å². The summed E-state index contributed by atoms with van der Waals surface area (Å²) in [6.45, 7) is 6.58. The summed E-state index contributed by atoms with van der Waals surface area (Å²) in [5.41, 5.74) is 2.38. The first-order valence-corrected chi connectivity index (χ1v) is 8.51. The zero-order valence-corrected chi connectivity index (χ0v) is 13.0. The molecule has 1 unspecified atom stereocenters. The number of benzene rings is 1. The molecule has 3 heteroatoms. The number of hydrogen-bond donors (Lipinski definition) is 0. The minimum absolute atomic E-state index is 0.367. The molecule has 0 spiro atoms. The zero-order valence-electron chi connectivity index (χ0n) is 11.4. The van der Waals surface area contributed by atoms with Crippen molar-refractivity contribution in [3.63, 3.8) is 0 Å². The SMILES string of the molecule is CCS(C)=C(C)Sc1cc(/C=C/C#N)ccc1C. The molecule has 18 heavy (non-hydrogen) atoms. The average molecular weight is 277 g/mol. The van der Waals surface area contributed by atoms with Crippen LogP contribution in [-0.2, 0) is 0 Å². The van der Waals surface area contributed by atoms with E-state index in [-0.39, 0.29) is 0 Å². The van der Waals surface area contributed by atoms with Crippen molar-refractivity contribution in [2.75, 3.05) is 12.0 Å². The van der Waals surface area contributed by atoms with Gasteiger partial charge in [0.1, 0.15) is 0 Å². The van der Waals surface area contributed by atoms with Gasteiger partial charge in [-0.1, -0.05) is 30.8 Å². The first-order chi connectivity index (χ1) is 8.58. The highest BCUT2D eigenvalue weighted by Gasteiger charge is 2.03. The highest BCUT2D eigenvalue weighted by molar-refractivity contribution is 8.33. The molecule has 0 fully saturated rings. The molecule has 0 heterocycles. The maximum absolute atomic E-state index is 8.56. The third-order valence-electron chi connectivity index (χ3n) is 2.74. The number of nitriles is 1. The van der Waals surface area contributed by atoms with Crippen molar-refractivity contribution in [2.45, 2.75) is 25.7 Å². The van der Waals surface area contributed by atoms with E-state index >= 15 is 0 Å². The monoisotopic (exact) mass is 277 g/mol. The molecule has 1 aromatic rings. The summed E-state index contributed by atoms with van der Waals surface area (Å²) in [5.74, 6) is 1.20. The maximum Gasteiger partial charge on any atom is 0.0912 e. The molecule has 1 rings (SSSR count). The summed E-state index contributed by atoms with van der Waals surface area (Å²) in [6, 6.07) is 8.35. The lowest BCUT2D eigenvalue weighted by molar-refractivity contribution is 1.30. The molecule has 0 aliphatic rings. The molecule has 0 aliphatic heterocycles. The topological polar surface area (TPSA) is 23.8 Å². The number of aryl methyl sites for hydroxylation is 1. The van der Waals surface area contributed by atoms with Crippen LogP contribution in [0, 0.1) is 18.3 Å². The Morgan fingerprint density at radius 1 is 1.50 bits per heavy atom. The van der Waals surface area contributed by atoms with Gasteiger partial charge in [0.05, 0.1) is 6.07 Å². The fourth-order valence-corrected chi connectivity index (χ4v) is 3.73. The predicted molar refractivity (Wildman–Crippen MR) is 86.4 cm³/mol. The fraction of sp³-hybridized carbons (Fsp3) is 0.333. The van der Waals surface area contributed by atoms with Crippen molar-refractivity contribution < 1.29 is 0 Å². The van der Waals surface area contributed by atoms with Gasteiger partial charge in [-0.3, -0.25) is 0 Å². The summed E-state index contributed by atoms with van der Waals surface area (Å²) in [4.78, 5) is 1.29. The van der Waals surface area contributed by atoms with Crippen LogP contribution in [0.4, 0.5) is 0 Å². The lowest BCUT2D eigenvalue weighted by atomic mass is 10.1. The Bertz CT molecular complexity index is 522. The molecule has 0 bridgehead atoms. The Hall–Kier alpha value is -0.980. The predicted octanol–water partition coefficient (Wildman–Crippen LogP) is 4.69. The molecule has 0 saturated heterocycles. The first-order valence-electron chi connectivity index (χ1n) is 5.89. The smallest absolute Gasteiger partial charge is 0.0912 e. The summed E-state index contributed by atoms with van der Waals surface area (Å²) in [7, 11) is 0.367. The number of nitrogens with zero attached hydrogens (tertiary/aromatic N) is 1. The van der Waals surface area contributed by atoms with E-state index in [1.165, 1.54) is 26.5 Å². The van der Waals surface area contributed by atoms with Crippen molar-refractivity contribution in [3.8, 4) is 6.07 Å². The van der Waals surface area contributed by atoms with Gasteiger partial charge in [-0.05, 0) is 49.1 Å². The summed E-state index contributed by atoms with van der Waals surface area (Å²) < 4.78 is 1.47. The van der Waals surface area contributed by atoms with Gasteiger partial charge in [0.15, 0.2) is 0 Å². The Morgan fingerprint density at radius 2 is 2.22 bits per heavy atom. The van der Waals surface area contributed by atoms with Gasteiger partial charge in [0.2, 0.25) is 0 Å². The molecule has 0 saturated carbocycles. The van der Waals surface area contributed by atoms with Crippen LogP contribution in [0.1, 0.15) is 25.0 Å². The van der Waals surface area contributed by atoms with Gasteiger partial charge < -0.3 is 0 Å². The Morgan fingerprint density at radius 3 is 2.83 bits per heavy atom. The molecule has 0 radical (unpaired) electrons. The van der Waals surface area contributed by atoms with Gasteiger partial charge in [0, 0.05) is 15.2 Å². The van der Waals surface area contributed by atoms with E-state index < -0.39 is 0 Å². The highest BCUT2D eigenvalue weighted by Crippen LogP contribution is 2.29. The highest BCUT2D eigenvalue weighted by atomic mass is 32.2. The molecule has 96 valence electrons. The second kappa shape index (κ2) is 7.45. The molecule has 1 nitrogen and oxygen atoms in total. The number of allylic oxidation sites excluding steroid dienone is 1. The van der Waals surface area contributed by atoms with Gasteiger partial charge in [-0.15, -0.1) is 0 Å². The number of hydrogen-bond acceptors (Lipinski definition) is 2. The molecular formula is C15H19NS2. The van der Waals surface area contributed by atoms with Crippen LogP contribution in [-0.4, -0.2) is 16.2 Å². The normalized spacial score (nSPS) is 13.4.